The summed E-state index contributed by atoms with van der Waals surface area (Å²) in [6.45, 7) is 0. The number of nitro groups is 1. The molecule has 6 heteroatoms. The number of nitro benzene ring substituents is 1. The molecule has 0 radical (unpaired) electrons. The van der Waals surface area contributed by atoms with Crippen LogP contribution in [0.1, 0.15) is 5.56 Å². The van der Waals surface area contributed by atoms with Gasteiger partial charge in [0.25, 0.3) is 0 Å². The molecule has 0 atom stereocenters. The average molecular weight is 298 g/mol. The minimum absolute atomic E-state index is 0.0927. The highest BCUT2D eigenvalue weighted by atomic mass is 35.5. The molecule has 0 unspecified atom stereocenters. The van der Waals surface area contributed by atoms with Crippen LogP contribution in [-0.2, 0) is 5.88 Å². The summed E-state index contributed by atoms with van der Waals surface area (Å²) in [6, 6.07) is 11.2. The van der Waals surface area contributed by atoms with Crippen molar-refractivity contribution in [3.05, 3.63) is 63.2 Å². The van der Waals surface area contributed by atoms with E-state index in [-0.39, 0.29) is 17.3 Å². The normalized spacial score (nSPS) is 10.2. The number of nitrogens with zero attached hydrogens (tertiary/aromatic N) is 1. The van der Waals surface area contributed by atoms with Gasteiger partial charge in [0.15, 0.2) is 0 Å². The van der Waals surface area contributed by atoms with Crippen molar-refractivity contribution in [2.45, 2.75) is 5.88 Å². The zero-order valence-electron chi connectivity index (χ0n) is 9.68. The Balaban J connectivity index is 2.42. The van der Waals surface area contributed by atoms with Crippen LogP contribution in [0.4, 0.5) is 5.69 Å². The zero-order valence-corrected chi connectivity index (χ0v) is 11.2. The van der Waals surface area contributed by atoms with E-state index in [0.717, 1.165) is 5.56 Å². The second kappa shape index (κ2) is 5.91. The van der Waals surface area contributed by atoms with Gasteiger partial charge < -0.3 is 4.74 Å². The summed E-state index contributed by atoms with van der Waals surface area (Å²) < 4.78 is 5.56. The Hall–Kier alpha value is -1.78. The van der Waals surface area contributed by atoms with E-state index in [1.165, 1.54) is 18.2 Å². The largest absolute Gasteiger partial charge is 0.450 e. The number of halogens is 2. The van der Waals surface area contributed by atoms with E-state index in [1.807, 2.05) is 6.07 Å². The summed E-state index contributed by atoms with van der Waals surface area (Å²) in [5.41, 5.74) is 0.604. The number of benzene rings is 2. The molecule has 2 aromatic carbocycles. The molecular formula is C13H9Cl2NO3. The molecule has 2 aromatic rings. The summed E-state index contributed by atoms with van der Waals surface area (Å²) in [7, 11) is 0. The van der Waals surface area contributed by atoms with Gasteiger partial charge in [-0.15, -0.1) is 11.6 Å². The van der Waals surface area contributed by atoms with Crippen LogP contribution in [0.3, 0.4) is 0 Å². The van der Waals surface area contributed by atoms with Gasteiger partial charge in [0.1, 0.15) is 5.75 Å². The molecule has 0 bridgehead atoms. The van der Waals surface area contributed by atoms with E-state index < -0.39 is 4.92 Å². The van der Waals surface area contributed by atoms with Gasteiger partial charge in [-0.3, -0.25) is 10.1 Å². The molecule has 0 saturated heterocycles. The summed E-state index contributed by atoms with van der Waals surface area (Å²) in [5, 5.41) is 11.3. The minimum Gasteiger partial charge on any atom is -0.450 e. The Morgan fingerprint density at radius 1 is 1.16 bits per heavy atom. The molecule has 0 spiro atoms. The molecule has 0 heterocycles. The summed E-state index contributed by atoms with van der Waals surface area (Å²) in [5.74, 6) is 0.822. The van der Waals surface area contributed by atoms with Crippen LogP contribution < -0.4 is 4.74 Å². The Morgan fingerprint density at radius 2 is 1.89 bits per heavy atom. The predicted octanol–water partition coefficient (Wildman–Crippen LogP) is 4.78. The molecule has 0 saturated carbocycles. The first kappa shape index (κ1) is 13.6. The number of alkyl halides is 1. The van der Waals surface area contributed by atoms with E-state index >= 15 is 0 Å². The Morgan fingerprint density at radius 3 is 2.58 bits per heavy atom. The molecule has 0 aliphatic carbocycles. The Kier molecular flexibility index (Phi) is 4.24. The molecule has 4 nitrogen and oxygen atoms in total. The number of hydrogen-bond donors (Lipinski definition) is 0. The minimum atomic E-state index is -0.519. The molecule has 98 valence electrons. The third kappa shape index (κ3) is 3.16. The van der Waals surface area contributed by atoms with Gasteiger partial charge in [0, 0.05) is 22.7 Å². The molecule has 0 fully saturated rings. The van der Waals surface area contributed by atoms with Crippen molar-refractivity contribution >= 4 is 28.9 Å². The standard InChI is InChI=1S/C13H9Cl2NO3/c14-8-9-3-1-2-4-12(9)19-13-7-10(15)5-6-11(13)16(17)18/h1-7H,8H2. The Labute approximate surface area is 119 Å². The van der Waals surface area contributed by atoms with Crippen molar-refractivity contribution in [1.82, 2.24) is 0 Å². The lowest BCUT2D eigenvalue weighted by molar-refractivity contribution is -0.385. The van der Waals surface area contributed by atoms with Crippen LogP contribution in [0, 0.1) is 10.1 Å². The van der Waals surface area contributed by atoms with Gasteiger partial charge >= 0.3 is 5.69 Å². The fraction of sp³-hybridized carbons (Fsp3) is 0.0769. The molecule has 0 N–H and O–H groups in total. The highest BCUT2D eigenvalue weighted by Gasteiger charge is 2.17. The topological polar surface area (TPSA) is 52.4 Å². The van der Waals surface area contributed by atoms with Crippen molar-refractivity contribution in [3.63, 3.8) is 0 Å². The van der Waals surface area contributed by atoms with Crippen LogP contribution in [-0.4, -0.2) is 4.92 Å². The van der Waals surface area contributed by atoms with E-state index in [2.05, 4.69) is 0 Å². The van der Waals surface area contributed by atoms with E-state index in [9.17, 15) is 10.1 Å². The van der Waals surface area contributed by atoms with Gasteiger partial charge in [0.05, 0.1) is 10.8 Å². The van der Waals surface area contributed by atoms with Crippen LogP contribution in [0.5, 0.6) is 11.5 Å². The fourth-order valence-electron chi connectivity index (χ4n) is 1.55. The van der Waals surface area contributed by atoms with Crippen molar-refractivity contribution in [3.8, 4) is 11.5 Å². The van der Waals surface area contributed by atoms with Crippen molar-refractivity contribution in [1.29, 1.82) is 0 Å². The third-order valence-electron chi connectivity index (χ3n) is 2.46. The summed E-state index contributed by atoms with van der Waals surface area (Å²) in [4.78, 5) is 10.4. The van der Waals surface area contributed by atoms with Gasteiger partial charge in [0.2, 0.25) is 5.75 Å². The second-order valence-corrected chi connectivity index (χ2v) is 4.42. The van der Waals surface area contributed by atoms with Crippen LogP contribution in [0.25, 0.3) is 0 Å². The van der Waals surface area contributed by atoms with Gasteiger partial charge in [-0.1, -0.05) is 29.8 Å². The highest BCUT2D eigenvalue weighted by Crippen LogP contribution is 2.35. The van der Waals surface area contributed by atoms with E-state index in [1.54, 1.807) is 18.2 Å². The maximum Gasteiger partial charge on any atom is 0.311 e. The second-order valence-electron chi connectivity index (χ2n) is 3.71. The molecular weight excluding hydrogens is 289 g/mol. The maximum absolute atomic E-state index is 10.9. The highest BCUT2D eigenvalue weighted by molar-refractivity contribution is 6.30. The lowest BCUT2D eigenvalue weighted by Gasteiger charge is -2.09. The number of ether oxygens (including phenoxy) is 1. The van der Waals surface area contributed by atoms with Crippen LogP contribution >= 0.6 is 23.2 Å². The first-order valence-electron chi connectivity index (χ1n) is 5.37. The van der Waals surface area contributed by atoms with E-state index in [0.29, 0.717) is 10.8 Å². The van der Waals surface area contributed by atoms with Crippen molar-refractivity contribution in [2.24, 2.45) is 0 Å². The zero-order chi connectivity index (χ0) is 13.8. The smallest absolute Gasteiger partial charge is 0.311 e. The lowest BCUT2D eigenvalue weighted by atomic mass is 10.2. The summed E-state index contributed by atoms with van der Waals surface area (Å²) >= 11 is 11.6. The third-order valence-corrected chi connectivity index (χ3v) is 2.98. The van der Waals surface area contributed by atoms with E-state index in [4.69, 9.17) is 27.9 Å². The molecule has 0 aromatic heterocycles. The fourth-order valence-corrected chi connectivity index (χ4v) is 1.94. The molecule has 0 aliphatic rings. The molecule has 2 rings (SSSR count). The SMILES string of the molecule is O=[N+]([O-])c1ccc(Cl)cc1Oc1ccccc1CCl. The molecule has 19 heavy (non-hydrogen) atoms. The quantitative estimate of drug-likeness (QED) is 0.463. The lowest BCUT2D eigenvalue weighted by Crippen LogP contribution is -1.95. The average Bonchev–Trinajstić information content (AvgIpc) is 2.39. The maximum atomic E-state index is 10.9. The Bertz CT molecular complexity index is 617. The summed E-state index contributed by atoms with van der Waals surface area (Å²) in [6.07, 6.45) is 0. The first-order chi connectivity index (χ1) is 9.11. The van der Waals surface area contributed by atoms with Crippen molar-refractivity contribution < 1.29 is 9.66 Å². The van der Waals surface area contributed by atoms with Gasteiger partial charge in [-0.05, 0) is 12.1 Å². The van der Waals surface area contributed by atoms with Gasteiger partial charge in [-0.2, -0.15) is 0 Å². The van der Waals surface area contributed by atoms with Crippen LogP contribution in [0.15, 0.2) is 42.5 Å². The number of rotatable bonds is 4. The predicted molar refractivity (Wildman–Crippen MR) is 74.2 cm³/mol. The first-order valence-corrected chi connectivity index (χ1v) is 6.28. The molecule has 0 amide bonds. The monoisotopic (exact) mass is 297 g/mol. The number of para-hydroxylation sites is 1. The van der Waals surface area contributed by atoms with Crippen molar-refractivity contribution in [2.75, 3.05) is 0 Å². The van der Waals surface area contributed by atoms with Gasteiger partial charge in [-0.25, -0.2) is 0 Å². The molecule has 0 aliphatic heterocycles. The van der Waals surface area contributed by atoms with Crippen LogP contribution in [0.2, 0.25) is 5.02 Å². The number of hydrogen-bond acceptors (Lipinski definition) is 3.